The van der Waals surface area contributed by atoms with Gasteiger partial charge in [-0.05, 0) is 36.2 Å². The molecule has 6 nitrogen and oxygen atoms in total. The highest BCUT2D eigenvalue weighted by Crippen LogP contribution is 2.16. The summed E-state index contributed by atoms with van der Waals surface area (Å²) in [5.41, 5.74) is 1.83. The summed E-state index contributed by atoms with van der Waals surface area (Å²) >= 11 is 0. The summed E-state index contributed by atoms with van der Waals surface area (Å²) in [6.07, 6.45) is 2.82. The van der Waals surface area contributed by atoms with E-state index in [2.05, 4.69) is 15.2 Å². The highest BCUT2D eigenvalue weighted by molar-refractivity contribution is 5.90. The highest BCUT2D eigenvalue weighted by atomic mass is 16.5. The van der Waals surface area contributed by atoms with Gasteiger partial charge in [-0.15, -0.1) is 0 Å². The van der Waals surface area contributed by atoms with Crippen LogP contribution in [0.25, 0.3) is 0 Å². The number of hydrogen-bond acceptors (Lipinski definition) is 5. The molecule has 1 fully saturated rings. The molecule has 1 aromatic carbocycles. The molecule has 0 spiro atoms. The van der Waals surface area contributed by atoms with Crippen LogP contribution in [0, 0.1) is 0 Å². The van der Waals surface area contributed by atoms with E-state index in [1.54, 1.807) is 13.3 Å². The fraction of sp³-hybridized carbons (Fsp3) is 0.368. The number of anilines is 2. The minimum absolute atomic E-state index is 0.0169. The normalized spacial score (nSPS) is 14.2. The maximum atomic E-state index is 12.1. The van der Waals surface area contributed by atoms with E-state index in [1.807, 2.05) is 36.4 Å². The monoisotopic (exact) mass is 341 g/mol. The molecule has 25 heavy (non-hydrogen) atoms. The number of nitrogens with one attached hydrogen (secondary N) is 1. The molecular formula is C19H23N3O3. The van der Waals surface area contributed by atoms with Gasteiger partial charge in [0.25, 0.3) is 0 Å². The third-order valence-electron chi connectivity index (χ3n) is 4.17. The summed E-state index contributed by atoms with van der Waals surface area (Å²) in [5.74, 6) is 1.72. The van der Waals surface area contributed by atoms with Gasteiger partial charge in [0, 0.05) is 19.5 Å². The van der Waals surface area contributed by atoms with Crippen LogP contribution < -0.4 is 15.0 Å². The van der Waals surface area contributed by atoms with E-state index in [1.165, 1.54) is 0 Å². The molecule has 0 unspecified atom stereocenters. The van der Waals surface area contributed by atoms with E-state index in [0.717, 1.165) is 49.1 Å². The first kappa shape index (κ1) is 17.2. The van der Waals surface area contributed by atoms with Crippen LogP contribution in [-0.4, -0.2) is 44.3 Å². The van der Waals surface area contributed by atoms with Gasteiger partial charge in [0.05, 0.1) is 32.2 Å². The van der Waals surface area contributed by atoms with Crippen LogP contribution in [-0.2, 0) is 16.0 Å². The Morgan fingerprint density at radius 3 is 2.60 bits per heavy atom. The third kappa shape index (κ3) is 4.93. The molecule has 1 amide bonds. The van der Waals surface area contributed by atoms with Crippen molar-refractivity contribution in [2.24, 2.45) is 0 Å². The van der Waals surface area contributed by atoms with Crippen molar-refractivity contribution in [3.05, 3.63) is 48.2 Å². The van der Waals surface area contributed by atoms with Crippen LogP contribution in [0.5, 0.6) is 5.75 Å². The Hall–Kier alpha value is -2.60. The van der Waals surface area contributed by atoms with Gasteiger partial charge in [-0.2, -0.15) is 0 Å². The molecule has 1 aromatic heterocycles. The summed E-state index contributed by atoms with van der Waals surface area (Å²) in [5, 5.41) is 2.90. The van der Waals surface area contributed by atoms with Gasteiger partial charge < -0.3 is 19.7 Å². The van der Waals surface area contributed by atoms with Crippen LogP contribution in [0.2, 0.25) is 0 Å². The first-order chi connectivity index (χ1) is 12.2. The zero-order chi connectivity index (χ0) is 17.5. The number of aryl methyl sites for hydroxylation is 1. The summed E-state index contributed by atoms with van der Waals surface area (Å²) < 4.78 is 10.5. The molecule has 6 heteroatoms. The van der Waals surface area contributed by atoms with E-state index >= 15 is 0 Å². The number of carbonyl (C=O) groups is 1. The molecule has 1 aliphatic heterocycles. The predicted molar refractivity (Wildman–Crippen MR) is 97.2 cm³/mol. The molecule has 0 radical (unpaired) electrons. The molecule has 132 valence electrons. The summed E-state index contributed by atoms with van der Waals surface area (Å²) in [6.45, 7) is 3.15. The summed E-state index contributed by atoms with van der Waals surface area (Å²) in [4.78, 5) is 18.7. The van der Waals surface area contributed by atoms with E-state index < -0.39 is 0 Å². The van der Waals surface area contributed by atoms with Crippen molar-refractivity contribution < 1.29 is 14.3 Å². The average molecular weight is 341 g/mol. The van der Waals surface area contributed by atoms with Crippen LogP contribution in [0.15, 0.2) is 42.6 Å². The second-order valence-electron chi connectivity index (χ2n) is 5.90. The van der Waals surface area contributed by atoms with Gasteiger partial charge in [0.2, 0.25) is 5.91 Å². The minimum Gasteiger partial charge on any atom is -0.497 e. The topological polar surface area (TPSA) is 63.7 Å². The lowest BCUT2D eigenvalue weighted by Crippen LogP contribution is -2.36. The molecule has 0 aliphatic carbocycles. The van der Waals surface area contributed by atoms with Gasteiger partial charge in [0.15, 0.2) is 0 Å². The average Bonchev–Trinajstić information content (AvgIpc) is 2.68. The van der Waals surface area contributed by atoms with Crippen molar-refractivity contribution in [1.29, 1.82) is 0 Å². The zero-order valence-corrected chi connectivity index (χ0v) is 14.4. The number of benzene rings is 1. The Labute approximate surface area is 147 Å². The molecule has 0 atom stereocenters. The van der Waals surface area contributed by atoms with E-state index in [4.69, 9.17) is 9.47 Å². The largest absolute Gasteiger partial charge is 0.497 e. The van der Waals surface area contributed by atoms with E-state index in [-0.39, 0.29) is 5.91 Å². The van der Waals surface area contributed by atoms with E-state index in [9.17, 15) is 4.79 Å². The number of methoxy groups -OCH3 is 1. The van der Waals surface area contributed by atoms with Crippen molar-refractivity contribution >= 4 is 17.4 Å². The van der Waals surface area contributed by atoms with E-state index in [0.29, 0.717) is 12.8 Å². The van der Waals surface area contributed by atoms with Gasteiger partial charge in [-0.3, -0.25) is 4.79 Å². The number of aromatic nitrogens is 1. The molecule has 2 aromatic rings. The van der Waals surface area contributed by atoms with Crippen molar-refractivity contribution in [2.75, 3.05) is 43.6 Å². The Morgan fingerprint density at radius 2 is 1.96 bits per heavy atom. The molecule has 1 saturated heterocycles. The Bertz CT molecular complexity index is 680. The highest BCUT2D eigenvalue weighted by Gasteiger charge is 2.12. The van der Waals surface area contributed by atoms with Crippen LogP contribution in [0.3, 0.4) is 0 Å². The number of pyridine rings is 1. The van der Waals surface area contributed by atoms with Crippen molar-refractivity contribution in [2.45, 2.75) is 12.8 Å². The lowest BCUT2D eigenvalue weighted by Gasteiger charge is -2.27. The Kier molecular flexibility index (Phi) is 5.85. The zero-order valence-electron chi connectivity index (χ0n) is 14.4. The van der Waals surface area contributed by atoms with Gasteiger partial charge in [-0.1, -0.05) is 12.1 Å². The number of nitrogens with zero attached hydrogens (tertiary/aromatic N) is 2. The smallest absolute Gasteiger partial charge is 0.224 e. The predicted octanol–water partition coefficient (Wildman–Crippen LogP) is 2.50. The second kappa shape index (κ2) is 8.48. The van der Waals surface area contributed by atoms with Crippen molar-refractivity contribution in [3.8, 4) is 5.75 Å². The number of ether oxygens (including phenoxy) is 2. The lowest BCUT2D eigenvalue weighted by molar-refractivity contribution is -0.116. The lowest BCUT2D eigenvalue weighted by atomic mass is 10.1. The minimum atomic E-state index is -0.0169. The summed E-state index contributed by atoms with van der Waals surface area (Å²) in [6, 6.07) is 11.6. The maximum absolute atomic E-state index is 12.1. The first-order valence-corrected chi connectivity index (χ1v) is 8.46. The number of hydrogen-bond donors (Lipinski definition) is 1. The Balaban J connectivity index is 1.48. The molecule has 1 N–H and O–H groups in total. The number of morpholine rings is 1. The van der Waals surface area contributed by atoms with Crippen molar-refractivity contribution in [3.63, 3.8) is 0 Å². The first-order valence-electron chi connectivity index (χ1n) is 8.46. The molecule has 0 bridgehead atoms. The Morgan fingerprint density at radius 1 is 1.20 bits per heavy atom. The van der Waals surface area contributed by atoms with Gasteiger partial charge in [0.1, 0.15) is 11.6 Å². The standard InChI is InChI=1S/C19H23N3O3/c1-24-17-6-2-15(3-7-17)4-9-19(23)21-16-5-8-18(20-14-16)22-10-12-25-13-11-22/h2-3,5-8,14H,4,9-13H2,1H3,(H,21,23). The number of carbonyl (C=O) groups excluding carboxylic acids is 1. The molecule has 0 saturated carbocycles. The molecule has 3 rings (SSSR count). The molecule has 2 heterocycles. The third-order valence-corrected chi connectivity index (χ3v) is 4.17. The van der Waals surface area contributed by atoms with Crippen LogP contribution in [0.1, 0.15) is 12.0 Å². The molecular weight excluding hydrogens is 318 g/mol. The fourth-order valence-electron chi connectivity index (χ4n) is 2.71. The molecule has 1 aliphatic rings. The number of amides is 1. The van der Waals surface area contributed by atoms with Crippen molar-refractivity contribution in [1.82, 2.24) is 4.98 Å². The van der Waals surface area contributed by atoms with Crippen LogP contribution >= 0.6 is 0 Å². The van der Waals surface area contributed by atoms with Crippen LogP contribution in [0.4, 0.5) is 11.5 Å². The van der Waals surface area contributed by atoms with Gasteiger partial charge >= 0.3 is 0 Å². The quantitative estimate of drug-likeness (QED) is 0.875. The van der Waals surface area contributed by atoms with Gasteiger partial charge in [-0.25, -0.2) is 4.98 Å². The SMILES string of the molecule is COc1ccc(CCC(=O)Nc2ccc(N3CCOCC3)nc2)cc1. The maximum Gasteiger partial charge on any atom is 0.224 e. The number of rotatable bonds is 6. The summed E-state index contributed by atoms with van der Waals surface area (Å²) in [7, 11) is 1.64. The fourth-order valence-corrected chi connectivity index (χ4v) is 2.71. The second-order valence-corrected chi connectivity index (χ2v) is 5.90.